The maximum atomic E-state index is 12.4. The van der Waals surface area contributed by atoms with Crippen molar-refractivity contribution in [2.75, 3.05) is 17.2 Å². The second-order valence-corrected chi connectivity index (χ2v) is 12.5. The predicted octanol–water partition coefficient (Wildman–Crippen LogP) is 6.90. The lowest BCUT2D eigenvalue weighted by Gasteiger charge is -2.22. The third-order valence-electron chi connectivity index (χ3n) is 7.39. The standard InChI is InChI=1S/C31H35ClN2O4S/c1-23(35)34(26-14-5-4-6-15-26)22-25-13-11-12-24(30(25)32)18-19-29-31(2,3)27-16-7-8-17-28(27)33(29)20-9-10-21-39(36,37)38/h4-8,14-19,22H,9-13,20-21H2,1-3H3/p+1. The van der Waals surface area contributed by atoms with Crippen molar-refractivity contribution in [3.63, 3.8) is 0 Å². The molecule has 1 heterocycles. The fourth-order valence-electron chi connectivity index (χ4n) is 5.38. The molecule has 0 bridgehead atoms. The molecule has 0 saturated heterocycles. The molecule has 6 nitrogen and oxygen atoms in total. The number of rotatable bonds is 9. The SMILES string of the molecule is CC(=O)N(/C=C1\CCCC(/C=C/C2=[N+](CCCCS(=O)(=O)O)c3ccccc3C2(C)C)=C1Cl)c1ccccc1. The number of amides is 1. The first-order valence-electron chi connectivity index (χ1n) is 13.3. The van der Waals surface area contributed by atoms with Gasteiger partial charge in [0, 0.05) is 48.0 Å². The first kappa shape index (κ1) is 29.0. The molecule has 0 saturated carbocycles. The zero-order valence-electron chi connectivity index (χ0n) is 22.7. The zero-order valence-corrected chi connectivity index (χ0v) is 24.3. The minimum atomic E-state index is -3.97. The van der Waals surface area contributed by atoms with E-state index in [1.165, 1.54) is 5.56 Å². The quantitative estimate of drug-likeness (QED) is 0.203. The average Bonchev–Trinajstić information content (AvgIpc) is 3.11. The third-order valence-corrected chi connectivity index (χ3v) is 8.68. The smallest absolute Gasteiger partial charge is 0.264 e. The highest BCUT2D eigenvalue weighted by Gasteiger charge is 2.43. The monoisotopic (exact) mass is 567 g/mol. The number of allylic oxidation sites excluding steroid dienone is 5. The van der Waals surface area contributed by atoms with Crippen LogP contribution in [0.2, 0.25) is 0 Å². The van der Waals surface area contributed by atoms with Crippen molar-refractivity contribution in [3.8, 4) is 0 Å². The molecule has 206 valence electrons. The van der Waals surface area contributed by atoms with Crippen LogP contribution in [0, 0.1) is 0 Å². The van der Waals surface area contributed by atoms with E-state index < -0.39 is 10.1 Å². The number of hydrogen-bond acceptors (Lipinski definition) is 3. The lowest BCUT2D eigenvalue weighted by molar-refractivity contribution is -0.438. The van der Waals surface area contributed by atoms with Crippen LogP contribution in [0.4, 0.5) is 11.4 Å². The Morgan fingerprint density at radius 1 is 1.05 bits per heavy atom. The summed E-state index contributed by atoms with van der Waals surface area (Å²) in [7, 11) is -3.97. The summed E-state index contributed by atoms with van der Waals surface area (Å²) in [6, 6.07) is 17.8. The van der Waals surface area contributed by atoms with Crippen molar-refractivity contribution in [2.24, 2.45) is 0 Å². The van der Waals surface area contributed by atoms with Gasteiger partial charge in [0.15, 0.2) is 5.71 Å². The number of fused-ring (bicyclic) bond motifs is 1. The van der Waals surface area contributed by atoms with Crippen LogP contribution in [-0.2, 0) is 20.3 Å². The van der Waals surface area contributed by atoms with Crippen LogP contribution in [0.1, 0.15) is 58.4 Å². The van der Waals surface area contributed by atoms with Crippen molar-refractivity contribution < 1.29 is 22.3 Å². The van der Waals surface area contributed by atoms with E-state index in [2.05, 4.69) is 42.7 Å². The van der Waals surface area contributed by atoms with Crippen molar-refractivity contribution in [1.29, 1.82) is 0 Å². The number of hydrogen-bond donors (Lipinski definition) is 1. The third kappa shape index (κ3) is 6.78. The Kier molecular flexibility index (Phi) is 8.94. The topological polar surface area (TPSA) is 77.7 Å². The highest BCUT2D eigenvalue weighted by Crippen LogP contribution is 2.41. The summed E-state index contributed by atoms with van der Waals surface area (Å²) in [6.45, 7) is 6.57. The summed E-state index contributed by atoms with van der Waals surface area (Å²) >= 11 is 6.93. The highest BCUT2D eigenvalue weighted by atomic mass is 35.5. The molecule has 0 unspecified atom stereocenters. The van der Waals surface area contributed by atoms with Crippen LogP contribution in [0.3, 0.4) is 0 Å². The lowest BCUT2D eigenvalue weighted by Crippen LogP contribution is -2.28. The minimum absolute atomic E-state index is 0.0773. The van der Waals surface area contributed by atoms with E-state index in [1.807, 2.05) is 48.7 Å². The van der Waals surface area contributed by atoms with Gasteiger partial charge < -0.3 is 0 Å². The molecule has 1 amide bonds. The molecule has 0 spiro atoms. The second kappa shape index (κ2) is 12.0. The summed E-state index contributed by atoms with van der Waals surface area (Å²) in [5.41, 5.74) is 5.93. The Balaban J connectivity index is 1.66. The molecule has 8 heteroatoms. The number of carbonyl (C=O) groups is 1. The second-order valence-electron chi connectivity index (χ2n) is 10.6. The van der Waals surface area contributed by atoms with Gasteiger partial charge in [-0.15, -0.1) is 0 Å². The molecule has 39 heavy (non-hydrogen) atoms. The maximum absolute atomic E-state index is 12.4. The number of benzene rings is 2. The van der Waals surface area contributed by atoms with Crippen LogP contribution in [0.5, 0.6) is 0 Å². The number of anilines is 1. The molecule has 1 N–H and O–H groups in total. The largest absolute Gasteiger partial charge is 0.288 e. The van der Waals surface area contributed by atoms with Gasteiger partial charge in [-0.1, -0.05) is 54.1 Å². The molecular formula is C31H36ClN2O4S+. The first-order chi connectivity index (χ1) is 18.5. The van der Waals surface area contributed by atoms with Gasteiger partial charge in [-0.3, -0.25) is 14.2 Å². The van der Waals surface area contributed by atoms with E-state index in [0.717, 1.165) is 47.5 Å². The molecule has 0 fully saturated rings. The van der Waals surface area contributed by atoms with Crippen LogP contribution in [-0.4, -0.2) is 41.5 Å². The van der Waals surface area contributed by atoms with E-state index in [-0.39, 0.29) is 17.1 Å². The van der Waals surface area contributed by atoms with Crippen molar-refractivity contribution in [1.82, 2.24) is 0 Å². The molecule has 1 aliphatic carbocycles. The van der Waals surface area contributed by atoms with E-state index in [9.17, 15) is 13.2 Å². The Labute approximate surface area is 236 Å². The van der Waals surface area contributed by atoms with Gasteiger partial charge in [0.25, 0.3) is 10.1 Å². The molecule has 4 rings (SSSR count). The maximum Gasteiger partial charge on any atom is 0.264 e. The van der Waals surface area contributed by atoms with Gasteiger partial charge in [0.2, 0.25) is 11.6 Å². The summed E-state index contributed by atoms with van der Waals surface area (Å²) in [5, 5.41) is 0.674. The number of halogens is 1. The Bertz CT molecular complexity index is 1470. The summed E-state index contributed by atoms with van der Waals surface area (Å²) in [6.07, 6.45) is 9.64. The predicted molar refractivity (Wildman–Crippen MR) is 158 cm³/mol. The average molecular weight is 568 g/mol. The minimum Gasteiger partial charge on any atom is -0.288 e. The lowest BCUT2D eigenvalue weighted by atomic mass is 9.81. The first-order valence-corrected chi connectivity index (χ1v) is 15.3. The fraction of sp³-hybridized carbons (Fsp3) is 0.355. The summed E-state index contributed by atoms with van der Waals surface area (Å²) in [4.78, 5) is 14.1. The Hall–Kier alpha value is -3.00. The molecule has 0 aromatic heterocycles. The summed E-state index contributed by atoms with van der Waals surface area (Å²) < 4.78 is 33.8. The van der Waals surface area contributed by atoms with Gasteiger partial charge in [-0.05, 0) is 62.8 Å². The molecule has 0 atom stereocenters. The molecule has 2 aromatic rings. The molecule has 2 aromatic carbocycles. The number of para-hydroxylation sites is 2. The zero-order chi connectivity index (χ0) is 28.2. The van der Waals surface area contributed by atoms with Gasteiger partial charge in [0.05, 0.1) is 11.2 Å². The van der Waals surface area contributed by atoms with E-state index in [4.69, 9.17) is 16.2 Å². The summed E-state index contributed by atoms with van der Waals surface area (Å²) in [5.74, 6) is -0.318. The van der Waals surface area contributed by atoms with Gasteiger partial charge in [0.1, 0.15) is 6.54 Å². The van der Waals surface area contributed by atoms with Gasteiger partial charge in [-0.2, -0.15) is 13.0 Å². The van der Waals surface area contributed by atoms with Crippen LogP contribution in [0.25, 0.3) is 0 Å². The normalized spacial score (nSPS) is 18.2. The van der Waals surface area contributed by atoms with Crippen LogP contribution in [0.15, 0.2) is 89.1 Å². The van der Waals surface area contributed by atoms with Crippen molar-refractivity contribution in [2.45, 2.75) is 58.3 Å². The highest BCUT2D eigenvalue weighted by molar-refractivity contribution is 7.85. The van der Waals surface area contributed by atoms with Crippen LogP contribution < -0.4 is 4.90 Å². The van der Waals surface area contributed by atoms with E-state index in [1.54, 1.807) is 11.8 Å². The Morgan fingerprint density at radius 3 is 2.44 bits per heavy atom. The Morgan fingerprint density at radius 2 is 1.74 bits per heavy atom. The van der Waals surface area contributed by atoms with Crippen molar-refractivity contribution in [3.05, 3.63) is 94.7 Å². The number of carbonyl (C=O) groups excluding carboxylic acids is 1. The van der Waals surface area contributed by atoms with E-state index >= 15 is 0 Å². The van der Waals surface area contributed by atoms with Gasteiger partial charge >= 0.3 is 0 Å². The molecule has 0 radical (unpaired) electrons. The molecule has 1 aliphatic heterocycles. The fourth-order valence-corrected chi connectivity index (χ4v) is 6.25. The molecular weight excluding hydrogens is 532 g/mol. The number of nitrogens with zero attached hydrogens (tertiary/aromatic N) is 2. The van der Waals surface area contributed by atoms with E-state index in [0.29, 0.717) is 24.4 Å². The number of unbranched alkanes of at least 4 members (excludes halogenated alkanes) is 1. The molecule has 2 aliphatic rings. The van der Waals surface area contributed by atoms with Crippen molar-refractivity contribution >= 4 is 44.7 Å². The van der Waals surface area contributed by atoms with Gasteiger partial charge in [-0.25, -0.2) is 0 Å². The van der Waals surface area contributed by atoms with Crippen LogP contribution >= 0.6 is 11.6 Å².